The zero-order chi connectivity index (χ0) is 20.1. The Balaban J connectivity index is 1.26. The predicted molar refractivity (Wildman–Crippen MR) is 110 cm³/mol. The minimum absolute atomic E-state index is 0.0853. The van der Waals surface area contributed by atoms with Gasteiger partial charge in [-0.05, 0) is 49.2 Å². The summed E-state index contributed by atoms with van der Waals surface area (Å²) in [7, 11) is 0. The van der Waals surface area contributed by atoms with E-state index in [0.29, 0.717) is 24.5 Å². The number of carbonyl (C=O) groups excluding carboxylic acids is 1. The van der Waals surface area contributed by atoms with Crippen molar-refractivity contribution in [3.63, 3.8) is 0 Å². The van der Waals surface area contributed by atoms with Gasteiger partial charge in [0.1, 0.15) is 18.0 Å². The van der Waals surface area contributed by atoms with Crippen LogP contribution < -0.4 is 10.1 Å². The maximum atomic E-state index is 12.2. The summed E-state index contributed by atoms with van der Waals surface area (Å²) in [6.07, 6.45) is 10.3. The highest BCUT2D eigenvalue weighted by molar-refractivity contribution is 5.94. The number of imidazole rings is 2. The lowest BCUT2D eigenvalue weighted by Crippen LogP contribution is -2.25. The number of benzene rings is 1. The van der Waals surface area contributed by atoms with Gasteiger partial charge in [0.2, 0.25) is 0 Å². The number of aryl methyl sites for hydroxylation is 2. The van der Waals surface area contributed by atoms with E-state index in [0.717, 1.165) is 24.3 Å². The van der Waals surface area contributed by atoms with Crippen LogP contribution in [0, 0.1) is 6.92 Å². The molecule has 0 aliphatic heterocycles. The lowest BCUT2D eigenvalue weighted by Gasteiger charge is -2.07. The molecule has 3 aromatic heterocycles. The molecule has 3 heterocycles. The third-order valence-corrected chi connectivity index (χ3v) is 4.59. The molecule has 0 bridgehead atoms. The molecule has 0 aliphatic rings. The average molecular weight is 389 g/mol. The zero-order valence-electron chi connectivity index (χ0n) is 16.3. The fraction of sp³-hybridized carbons (Fsp3) is 0.227. The van der Waals surface area contributed by atoms with Gasteiger partial charge in [-0.3, -0.25) is 4.79 Å². The second kappa shape index (κ2) is 8.60. The SMILES string of the molecule is Cc1ccc2nc(COc3ccc(C(=O)NCCCn4ccnc4)cc3)cn2c1. The summed E-state index contributed by atoms with van der Waals surface area (Å²) in [5.41, 5.74) is 3.55. The molecule has 1 aromatic carbocycles. The van der Waals surface area contributed by atoms with E-state index >= 15 is 0 Å². The summed E-state index contributed by atoms with van der Waals surface area (Å²) in [6, 6.07) is 11.2. The van der Waals surface area contributed by atoms with Gasteiger partial charge >= 0.3 is 0 Å². The normalized spacial score (nSPS) is 10.9. The second-order valence-corrected chi connectivity index (χ2v) is 6.93. The van der Waals surface area contributed by atoms with Gasteiger partial charge in [0.05, 0.1) is 12.0 Å². The molecule has 0 unspecified atom stereocenters. The molecule has 7 heteroatoms. The largest absolute Gasteiger partial charge is 0.487 e. The highest BCUT2D eigenvalue weighted by Gasteiger charge is 2.06. The third kappa shape index (κ3) is 4.82. The van der Waals surface area contributed by atoms with E-state index in [2.05, 4.69) is 15.3 Å². The molecule has 0 saturated carbocycles. The van der Waals surface area contributed by atoms with Gasteiger partial charge in [0, 0.05) is 43.4 Å². The average Bonchev–Trinajstić information content (AvgIpc) is 3.39. The van der Waals surface area contributed by atoms with Crippen molar-refractivity contribution in [2.24, 2.45) is 0 Å². The summed E-state index contributed by atoms with van der Waals surface area (Å²) in [4.78, 5) is 20.8. The molecule has 7 nitrogen and oxygen atoms in total. The molecular formula is C22H23N5O2. The Hall–Kier alpha value is -3.61. The van der Waals surface area contributed by atoms with Crippen molar-refractivity contribution in [2.75, 3.05) is 6.54 Å². The van der Waals surface area contributed by atoms with Gasteiger partial charge in [0.15, 0.2) is 0 Å². The summed E-state index contributed by atoms with van der Waals surface area (Å²) in [6.45, 7) is 3.87. The van der Waals surface area contributed by atoms with E-state index in [1.165, 1.54) is 5.56 Å². The van der Waals surface area contributed by atoms with Gasteiger partial charge in [-0.15, -0.1) is 0 Å². The van der Waals surface area contributed by atoms with Crippen LogP contribution in [0.4, 0.5) is 0 Å². The maximum Gasteiger partial charge on any atom is 0.251 e. The fourth-order valence-electron chi connectivity index (χ4n) is 3.07. The Kier molecular flexibility index (Phi) is 5.56. The maximum absolute atomic E-state index is 12.2. The number of nitrogens with zero attached hydrogens (tertiary/aromatic N) is 4. The van der Waals surface area contributed by atoms with Gasteiger partial charge < -0.3 is 19.0 Å². The van der Waals surface area contributed by atoms with Crippen molar-refractivity contribution in [1.29, 1.82) is 0 Å². The predicted octanol–water partition coefficient (Wildman–Crippen LogP) is 3.24. The van der Waals surface area contributed by atoms with E-state index in [1.54, 1.807) is 36.8 Å². The number of fused-ring (bicyclic) bond motifs is 1. The second-order valence-electron chi connectivity index (χ2n) is 6.93. The van der Waals surface area contributed by atoms with Gasteiger partial charge in [0.25, 0.3) is 5.91 Å². The number of carbonyl (C=O) groups is 1. The molecular weight excluding hydrogens is 366 g/mol. The topological polar surface area (TPSA) is 73.4 Å². The first-order chi connectivity index (χ1) is 14.2. The van der Waals surface area contributed by atoms with Crippen LogP contribution in [0.2, 0.25) is 0 Å². The van der Waals surface area contributed by atoms with Crippen LogP contribution in [0.5, 0.6) is 5.75 Å². The van der Waals surface area contributed by atoms with Crippen LogP contribution in [0.3, 0.4) is 0 Å². The molecule has 0 aliphatic carbocycles. The highest BCUT2D eigenvalue weighted by Crippen LogP contribution is 2.15. The Labute approximate surface area is 169 Å². The van der Waals surface area contributed by atoms with Crippen molar-refractivity contribution in [2.45, 2.75) is 26.5 Å². The zero-order valence-corrected chi connectivity index (χ0v) is 16.3. The summed E-state index contributed by atoms with van der Waals surface area (Å²) in [5, 5.41) is 2.93. The van der Waals surface area contributed by atoms with Crippen LogP contribution in [0.25, 0.3) is 5.65 Å². The van der Waals surface area contributed by atoms with E-state index in [1.807, 2.05) is 46.6 Å². The molecule has 0 fully saturated rings. The molecule has 0 atom stereocenters. The Morgan fingerprint density at radius 3 is 2.79 bits per heavy atom. The first-order valence-corrected chi connectivity index (χ1v) is 9.58. The minimum atomic E-state index is -0.0853. The standard InChI is InChI=1S/C22H23N5O2/c1-17-3-8-21-25-19(14-27(21)13-17)15-29-20-6-4-18(5-7-20)22(28)24-9-2-11-26-12-10-23-16-26/h3-8,10,12-14,16H,2,9,11,15H2,1H3,(H,24,28). The van der Waals surface area contributed by atoms with Gasteiger partial charge in [-0.25, -0.2) is 9.97 Å². The lowest BCUT2D eigenvalue weighted by molar-refractivity contribution is 0.0952. The van der Waals surface area contributed by atoms with Gasteiger partial charge in [-0.1, -0.05) is 6.07 Å². The molecule has 4 aromatic rings. The fourth-order valence-corrected chi connectivity index (χ4v) is 3.07. The molecule has 0 saturated heterocycles. The Bertz CT molecular complexity index is 1080. The summed E-state index contributed by atoms with van der Waals surface area (Å²) < 4.78 is 9.79. The number of nitrogens with one attached hydrogen (secondary N) is 1. The first-order valence-electron chi connectivity index (χ1n) is 9.58. The van der Waals surface area contributed by atoms with Crippen molar-refractivity contribution < 1.29 is 9.53 Å². The summed E-state index contributed by atoms with van der Waals surface area (Å²) >= 11 is 0. The summed E-state index contributed by atoms with van der Waals surface area (Å²) in [5.74, 6) is 0.618. The van der Waals surface area contributed by atoms with Crippen molar-refractivity contribution >= 4 is 11.6 Å². The van der Waals surface area contributed by atoms with E-state index < -0.39 is 0 Å². The number of hydrogen-bond acceptors (Lipinski definition) is 4. The van der Waals surface area contributed by atoms with Crippen LogP contribution in [0.15, 0.2) is 67.5 Å². The third-order valence-electron chi connectivity index (χ3n) is 4.59. The smallest absolute Gasteiger partial charge is 0.251 e. The van der Waals surface area contributed by atoms with E-state index in [4.69, 9.17) is 4.74 Å². The Morgan fingerprint density at radius 1 is 1.14 bits per heavy atom. The number of amides is 1. The number of hydrogen-bond donors (Lipinski definition) is 1. The molecule has 1 amide bonds. The van der Waals surface area contributed by atoms with Crippen molar-refractivity contribution in [3.05, 3.63) is 84.3 Å². The number of rotatable bonds is 8. The number of ether oxygens (including phenoxy) is 1. The van der Waals surface area contributed by atoms with Crippen molar-refractivity contribution in [1.82, 2.24) is 24.3 Å². The first kappa shape index (κ1) is 18.7. The number of aromatic nitrogens is 4. The van der Waals surface area contributed by atoms with E-state index in [-0.39, 0.29) is 5.91 Å². The Morgan fingerprint density at radius 2 is 2.00 bits per heavy atom. The highest BCUT2D eigenvalue weighted by atomic mass is 16.5. The van der Waals surface area contributed by atoms with E-state index in [9.17, 15) is 4.79 Å². The van der Waals surface area contributed by atoms with Crippen LogP contribution in [-0.4, -0.2) is 31.4 Å². The molecule has 1 N–H and O–H groups in total. The van der Waals surface area contributed by atoms with Gasteiger partial charge in [-0.2, -0.15) is 0 Å². The molecule has 148 valence electrons. The lowest BCUT2D eigenvalue weighted by atomic mass is 10.2. The monoisotopic (exact) mass is 389 g/mol. The molecule has 0 radical (unpaired) electrons. The van der Waals surface area contributed by atoms with Crippen molar-refractivity contribution in [3.8, 4) is 5.75 Å². The molecule has 4 rings (SSSR count). The number of pyridine rings is 1. The quantitative estimate of drug-likeness (QED) is 0.470. The van der Waals surface area contributed by atoms with Crippen LogP contribution in [-0.2, 0) is 13.2 Å². The van der Waals surface area contributed by atoms with Crippen LogP contribution in [0.1, 0.15) is 28.0 Å². The minimum Gasteiger partial charge on any atom is -0.487 e. The molecule has 0 spiro atoms. The van der Waals surface area contributed by atoms with Crippen LogP contribution >= 0.6 is 0 Å². The molecule has 29 heavy (non-hydrogen) atoms.